The fraction of sp³-hybridized carbons (Fsp3) is 0.667. The Kier molecular flexibility index (Phi) is 5.63. The molecular formula is C30H38O7. The molecule has 0 amide bonds. The number of aliphatic carboxylic acids is 1. The second-order valence-electron chi connectivity index (χ2n) is 13.3. The number of carbonyl (C=O) groups excluding carboxylic acids is 3. The molecule has 0 radical (unpaired) electrons. The predicted molar refractivity (Wildman–Crippen MR) is 135 cm³/mol. The van der Waals surface area contributed by atoms with Crippen molar-refractivity contribution in [3.8, 4) is 0 Å². The van der Waals surface area contributed by atoms with Gasteiger partial charge in [-0.3, -0.25) is 19.2 Å². The van der Waals surface area contributed by atoms with Gasteiger partial charge in [0.2, 0.25) is 0 Å². The summed E-state index contributed by atoms with van der Waals surface area (Å²) < 4.78 is 5.72. The molecule has 4 aliphatic rings. The number of allylic oxidation sites excluding steroid dienone is 1. The van der Waals surface area contributed by atoms with Gasteiger partial charge in [0.1, 0.15) is 11.5 Å². The van der Waals surface area contributed by atoms with Crippen molar-refractivity contribution in [2.75, 3.05) is 0 Å². The van der Waals surface area contributed by atoms with Crippen molar-refractivity contribution in [2.45, 2.75) is 92.1 Å². The maximum absolute atomic E-state index is 14.1. The molecule has 7 nitrogen and oxygen atoms in total. The highest BCUT2D eigenvalue weighted by atomic mass is 16.4. The fourth-order valence-electron chi connectivity index (χ4n) is 8.58. The summed E-state index contributed by atoms with van der Waals surface area (Å²) >= 11 is 0. The van der Waals surface area contributed by atoms with Gasteiger partial charge in [-0.05, 0) is 41.7 Å². The van der Waals surface area contributed by atoms with Gasteiger partial charge in [0.25, 0.3) is 0 Å². The van der Waals surface area contributed by atoms with Crippen molar-refractivity contribution in [3.05, 3.63) is 34.8 Å². The summed E-state index contributed by atoms with van der Waals surface area (Å²) in [5.74, 6) is -1.46. The normalized spacial score (nSPS) is 39.8. The zero-order chi connectivity index (χ0) is 27.3. The predicted octanol–water partition coefficient (Wildman–Crippen LogP) is 4.66. The van der Waals surface area contributed by atoms with E-state index in [1.807, 2.05) is 40.7 Å². The summed E-state index contributed by atoms with van der Waals surface area (Å²) in [7, 11) is 0. The van der Waals surface area contributed by atoms with Crippen LogP contribution in [0.15, 0.2) is 27.9 Å². The molecule has 37 heavy (non-hydrogen) atoms. The van der Waals surface area contributed by atoms with E-state index in [-0.39, 0.29) is 48.4 Å². The van der Waals surface area contributed by atoms with Gasteiger partial charge in [-0.1, -0.05) is 41.5 Å². The van der Waals surface area contributed by atoms with Gasteiger partial charge in [0.05, 0.1) is 18.3 Å². The standard InChI is InChI=1S/C30H38O7/c1-15(26(35)36)9-17-10-16(14-37-17)18-11-23(34)30(6)25-19(31)12-21-27(2,3)22(33)7-8-28(21,4)24(25)20(32)13-29(18,30)5/h10,14-15,18,21,23,34H,7-9,11-13H2,1-6H3,(H,35,36)/t15-,18+,21-,23-,28-,29+,30-/m0/s1. The van der Waals surface area contributed by atoms with Gasteiger partial charge in [-0.15, -0.1) is 0 Å². The molecule has 1 heterocycles. The number of carbonyl (C=O) groups is 4. The summed E-state index contributed by atoms with van der Waals surface area (Å²) in [4.78, 5) is 52.1. The summed E-state index contributed by atoms with van der Waals surface area (Å²) in [6.07, 6.45) is 2.72. The number of carboxylic acids is 1. The molecule has 1 aromatic heterocycles. The lowest BCUT2D eigenvalue weighted by Gasteiger charge is -2.59. The van der Waals surface area contributed by atoms with Crippen molar-refractivity contribution in [2.24, 2.45) is 33.5 Å². The number of hydrogen-bond donors (Lipinski definition) is 2. The molecule has 7 atom stereocenters. The van der Waals surface area contributed by atoms with Crippen LogP contribution in [0, 0.1) is 33.5 Å². The first-order valence-corrected chi connectivity index (χ1v) is 13.4. The molecule has 2 fully saturated rings. The minimum absolute atomic E-state index is 0.0528. The topological polar surface area (TPSA) is 122 Å². The van der Waals surface area contributed by atoms with E-state index in [1.165, 1.54) is 0 Å². The third kappa shape index (κ3) is 3.28. The van der Waals surface area contributed by atoms with Crippen LogP contribution in [0.3, 0.4) is 0 Å². The van der Waals surface area contributed by atoms with Crippen LogP contribution in [0.5, 0.6) is 0 Å². The molecule has 200 valence electrons. The number of carboxylic acid groups (broad SMARTS) is 1. The van der Waals surface area contributed by atoms with Crippen LogP contribution in [-0.4, -0.2) is 39.6 Å². The zero-order valence-electron chi connectivity index (χ0n) is 22.6. The number of furan rings is 1. The SMILES string of the molecule is C[C@@H](Cc1cc([C@H]2C[C@H](O)[C@@]3(C)C4=C(C(=O)C[C@]23C)[C@@]2(C)CCC(=O)C(C)(C)[C@@H]2CC4=O)co1)C(=O)O. The van der Waals surface area contributed by atoms with Crippen molar-refractivity contribution < 1.29 is 33.8 Å². The lowest BCUT2D eigenvalue weighted by atomic mass is 9.43. The monoisotopic (exact) mass is 510 g/mol. The second kappa shape index (κ2) is 7.98. The molecule has 0 aliphatic heterocycles. The lowest BCUT2D eigenvalue weighted by molar-refractivity contribution is -0.146. The molecule has 1 aromatic rings. The molecule has 5 rings (SSSR count). The molecule has 0 saturated heterocycles. The largest absolute Gasteiger partial charge is 0.481 e. The number of fused-ring (bicyclic) bond motifs is 4. The number of aliphatic hydroxyl groups excluding tert-OH is 1. The number of ketones is 3. The second-order valence-corrected chi connectivity index (χ2v) is 13.3. The van der Waals surface area contributed by atoms with Crippen molar-refractivity contribution in [3.63, 3.8) is 0 Å². The first kappa shape index (κ1) is 26.1. The minimum Gasteiger partial charge on any atom is -0.481 e. The minimum atomic E-state index is -0.927. The molecular weight excluding hydrogens is 472 g/mol. The highest BCUT2D eigenvalue weighted by Crippen LogP contribution is 2.71. The Bertz CT molecular complexity index is 1250. The molecule has 0 bridgehead atoms. The summed E-state index contributed by atoms with van der Waals surface area (Å²) in [6.45, 7) is 11.4. The van der Waals surface area contributed by atoms with Gasteiger partial charge in [0.15, 0.2) is 11.6 Å². The maximum Gasteiger partial charge on any atom is 0.306 e. The van der Waals surface area contributed by atoms with E-state index in [9.17, 15) is 29.4 Å². The van der Waals surface area contributed by atoms with Crippen LogP contribution < -0.4 is 0 Å². The van der Waals surface area contributed by atoms with Gasteiger partial charge < -0.3 is 14.6 Å². The quantitative estimate of drug-likeness (QED) is 0.604. The van der Waals surface area contributed by atoms with Crippen LogP contribution in [0.1, 0.15) is 90.9 Å². The Labute approximate surface area is 217 Å². The van der Waals surface area contributed by atoms with E-state index in [0.29, 0.717) is 36.2 Å². The summed E-state index contributed by atoms with van der Waals surface area (Å²) in [6, 6.07) is 1.84. The zero-order valence-corrected chi connectivity index (χ0v) is 22.6. The molecule has 4 aliphatic carbocycles. The Morgan fingerprint density at radius 3 is 2.43 bits per heavy atom. The molecule has 0 unspecified atom stereocenters. The molecule has 7 heteroatoms. The Morgan fingerprint density at radius 1 is 1.11 bits per heavy atom. The number of rotatable bonds is 4. The Hall–Kier alpha value is -2.54. The lowest BCUT2D eigenvalue weighted by Crippen LogP contribution is -2.59. The van der Waals surface area contributed by atoms with Gasteiger partial charge in [-0.2, -0.15) is 0 Å². The third-order valence-corrected chi connectivity index (χ3v) is 11.1. The van der Waals surface area contributed by atoms with Crippen LogP contribution in [-0.2, 0) is 25.6 Å². The van der Waals surface area contributed by atoms with Crippen LogP contribution in [0.2, 0.25) is 0 Å². The van der Waals surface area contributed by atoms with E-state index >= 15 is 0 Å². The third-order valence-electron chi connectivity index (χ3n) is 11.1. The van der Waals surface area contributed by atoms with E-state index in [2.05, 4.69) is 0 Å². The number of Topliss-reactive ketones (excluding diaryl/α,β-unsaturated/α-hetero) is 3. The van der Waals surface area contributed by atoms with Gasteiger partial charge in [0, 0.05) is 53.1 Å². The van der Waals surface area contributed by atoms with Crippen LogP contribution >= 0.6 is 0 Å². The van der Waals surface area contributed by atoms with Crippen molar-refractivity contribution in [1.82, 2.24) is 0 Å². The average molecular weight is 511 g/mol. The first-order chi connectivity index (χ1) is 17.1. The highest BCUT2D eigenvalue weighted by molar-refractivity contribution is 6.12. The van der Waals surface area contributed by atoms with Gasteiger partial charge >= 0.3 is 5.97 Å². The van der Waals surface area contributed by atoms with Gasteiger partial charge in [-0.25, -0.2) is 0 Å². The average Bonchev–Trinajstić information content (AvgIpc) is 3.34. The van der Waals surface area contributed by atoms with E-state index < -0.39 is 39.7 Å². The maximum atomic E-state index is 14.1. The molecule has 0 aromatic carbocycles. The number of hydrogen-bond acceptors (Lipinski definition) is 6. The van der Waals surface area contributed by atoms with Crippen LogP contribution in [0.4, 0.5) is 0 Å². The molecule has 2 saturated carbocycles. The Balaban J connectivity index is 1.60. The van der Waals surface area contributed by atoms with Crippen LogP contribution in [0.25, 0.3) is 0 Å². The first-order valence-electron chi connectivity index (χ1n) is 13.4. The van der Waals surface area contributed by atoms with E-state index in [0.717, 1.165) is 5.56 Å². The molecule has 2 N–H and O–H groups in total. The fourth-order valence-corrected chi connectivity index (χ4v) is 8.58. The smallest absolute Gasteiger partial charge is 0.306 e. The summed E-state index contributed by atoms with van der Waals surface area (Å²) in [5.41, 5.74) is -1.07. The number of aliphatic hydroxyl groups is 1. The van der Waals surface area contributed by atoms with Crippen molar-refractivity contribution in [1.29, 1.82) is 0 Å². The summed E-state index contributed by atoms with van der Waals surface area (Å²) in [5, 5.41) is 20.9. The highest BCUT2D eigenvalue weighted by Gasteiger charge is 2.70. The van der Waals surface area contributed by atoms with Crippen molar-refractivity contribution >= 4 is 23.3 Å². The van der Waals surface area contributed by atoms with E-state index in [4.69, 9.17) is 4.42 Å². The molecule has 0 spiro atoms. The Morgan fingerprint density at radius 2 is 1.78 bits per heavy atom. The van der Waals surface area contributed by atoms with E-state index in [1.54, 1.807) is 13.2 Å².